The van der Waals surface area contributed by atoms with Gasteiger partial charge in [0, 0.05) is 17.0 Å². The second-order valence-electron chi connectivity index (χ2n) is 7.40. The molecular formula is C24H20F3NO5. The quantitative estimate of drug-likeness (QED) is 0.356. The minimum Gasteiger partial charge on any atom is -0.494 e. The van der Waals surface area contributed by atoms with E-state index in [1.807, 2.05) is 6.92 Å². The van der Waals surface area contributed by atoms with Crippen molar-refractivity contribution in [1.82, 2.24) is 4.57 Å². The summed E-state index contributed by atoms with van der Waals surface area (Å²) in [7, 11) is 0. The summed E-state index contributed by atoms with van der Waals surface area (Å²) in [5.74, 6) is -2.33. The molecular weight excluding hydrogens is 439 g/mol. The molecule has 0 spiro atoms. The van der Waals surface area contributed by atoms with Gasteiger partial charge in [0.15, 0.2) is 0 Å². The molecule has 1 aromatic heterocycles. The molecule has 0 aliphatic carbocycles. The Balaban J connectivity index is 2.02. The molecule has 0 saturated carbocycles. The van der Waals surface area contributed by atoms with E-state index in [1.54, 1.807) is 24.3 Å². The molecule has 0 radical (unpaired) electrons. The Morgan fingerprint density at radius 2 is 1.79 bits per heavy atom. The minimum atomic E-state index is -3.16. The van der Waals surface area contributed by atoms with E-state index >= 15 is 0 Å². The maximum Gasteiger partial charge on any atom is 0.387 e. The maximum atomic E-state index is 14.9. The number of rotatable bonds is 8. The van der Waals surface area contributed by atoms with Crippen LogP contribution in [0.15, 0.2) is 48.7 Å². The first kappa shape index (κ1) is 22.3. The second-order valence-corrected chi connectivity index (χ2v) is 7.40. The van der Waals surface area contributed by atoms with E-state index in [0.717, 1.165) is 10.6 Å². The normalized spacial score (nSPS) is 11.4. The van der Waals surface area contributed by atoms with Crippen LogP contribution < -0.4 is 9.47 Å². The van der Waals surface area contributed by atoms with Crippen molar-refractivity contribution in [2.45, 2.75) is 26.4 Å². The van der Waals surface area contributed by atoms with Gasteiger partial charge >= 0.3 is 12.6 Å². The maximum absolute atomic E-state index is 14.9. The fraction of sp³-hybridized carbons (Fsp3) is 0.208. The Morgan fingerprint density at radius 1 is 1.09 bits per heavy atom. The molecule has 2 N–H and O–H groups in total. The van der Waals surface area contributed by atoms with E-state index in [0.29, 0.717) is 29.5 Å². The molecule has 0 atom stereocenters. The number of aromatic nitrogens is 1. The highest BCUT2D eigenvalue weighted by Crippen LogP contribution is 2.48. The summed E-state index contributed by atoms with van der Waals surface area (Å²) >= 11 is 0. The zero-order valence-electron chi connectivity index (χ0n) is 17.5. The van der Waals surface area contributed by atoms with Gasteiger partial charge in [0.05, 0.1) is 29.5 Å². The van der Waals surface area contributed by atoms with Crippen molar-refractivity contribution in [3.05, 3.63) is 60.0 Å². The van der Waals surface area contributed by atoms with E-state index in [4.69, 9.17) is 14.6 Å². The van der Waals surface area contributed by atoms with Crippen LogP contribution in [0, 0.1) is 5.82 Å². The number of halogens is 3. The molecule has 0 unspecified atom stereocenters. The average molecular weight is 459 g/mol. The van der Waals surface area contributed by atoms with Crippen LogP contribution in [0.1, 0.15) is 18.9 Å². The lowest BCUT2D eigenvalue weighted by atomic mass is 10.0. The van der Waals surface area contributed by atoms with E-state index in [-0.39, 0.29) is 34.2 Å². The van der Waals surface area contributed by atoms with Crippen LogP contribution in [0.5, 0.6) is 17.4 Å². The molecule has 4 rings (SSSR count). The lowest BCUT2D eigenvalue weighted by Crippen LogP contribution is -2.04. The van der Waals surface area contributed by atoms with Crippen LogP contribution >= 0.6 is 0 Å². The first-order valence-electron chi connectivity index (χ1n) is 10.2. The first-order valence-corrected chi connectivity index (χ1v) is 10.2. The van der Waals surface area contributed by atoms with E-state index in [9.17, 15) is 23.1 Å². The monoisotopic (exact) mass is 459 g/mol. The number of carbonyl (C=O) groups is 1. The van der Waals surface area contributed by atoms with Gasteiger partial charge in [-0.05, 0) is 24.1 Å². The summed E-state index contributed by atoms with van der Waals surface area (Å²) in [4.78, 5) is 10.9. The lowest BCUT2D eigenvalue weighted by molar-refractivity contribution is -0.136. The number of alkyl halides is 2. The van der Waals surface area contributed by atoms with Gasteiger partial charge in [0.25, 0.3) is 0 Å². The first-order chi connectivity index (χ1) is 15.8. The standard InChI is InChI=1S/C24H20F3NO5/c1-2-9-32-21-14-5-3-4-6-15(14)22(33-24(26)27)20-16(21)12-28(23(20)31)18-8-7-13(10-17(18)25)11-19(29)30/h3-8,10,12,24,31H,2,9,11H2,1H3,(H,29,30). The van der Waals surface area contributed by atoms with Crippen LogP contribution in [-0.4, -0.2) is 34.0 Å². The zero-order chi connectivity index (χ0) is 23.7. The highest BCUT2D eigenvalue weighted by molar-refractivity contribution is 6.13. The van der Waals surface area contributed by atoms with E-state index in [1.165, 1.54) is 18.3 Å². The van der Waals surface area contributed by atoms with Crippen LogP contribution in [0.25, 0.3) is 27.2 Å². The molecule has 0 aliphatic rings. The summed E-state index contributed by atoms with van der Waals surface area (Å²) < 4.78 is 53.3. The number of carboxylic acids is 1. The molecule has 0 bridgehead atoms. The van der Waals surface area contributed by atoms with Gasteiger partial charge in [-0.15, -0.1) is 0 Å². The summed E-state index contributed by atoms with van der Waals surface area (Å²) in [6.45, 7) is -0.920. The summed E-state index contributed by atoms with van der Waals surface area (Å²) in [6, 6.07) is 10.4. The smallest absolute Gasteiger partial charge is 0.387 e. The Bertz CT molecular complexity index is 1350. The van der Waals surface area contributed by atoms with Gasteiger partial charge in [0.1, 0.15) is 17.3 Å². The summed E-state index contributed by atoms with van der Waals surface area (Å²) in [5, 5.41) is 21.0. The van der Waals surface area contributed by atoms with Crippen molar-refractivity contribution in [1.29, 1.82) is 0 Å². The summed E-state index contributed by atoms with van der Waals surface area (Å²) in [6.07, 6.45) is 1.69. The molecule has 172 valence electrons. The van der Waals surface area contributed by atoms with E-state index < -0.39 is 24.3 Å². The molecule has 6 nitrogen and oxygen atoms in total. The number of aliphatic carboxylic acids is 1. The fourth-order valence-electron chi connectivity index (χ4n) is 3.84. The van der Waals surface area contributed by atoms with Crippen LogP contribution in [0.3, 0.4) is 0 Å². The highest BCUT2D eigenvalue weighted by Gasteiger charge is 2.25. The predicted molar refractivity (Wildman–Crippen MR) is 116 cm³/mol. The third kappa shape index (κ3) is 4.13. The van der Waals surface area contributed by atoms with Gasteiger partial charge in [0.2, 0.25) is 5.88 Å². The van der Waals surface area contributed by atoms with Crippen molar-refractivity contribution < 1.29 is 37.7 Å². The molecule has 0 aliphatic heterocycles. The molecule has 9 heteroatoms. The number of hydrogen-bond donors (Lipinski definition) is 2. The Kier molecular flexibility index (Phi) is 6.04. The van der Waals surface area contributed by atoms with Gasteiger partial charge in [-0.25, -0.2) is 4.39 Å². The summed E-state index contributed by atoms with van der Waals surface area (Å²) in [5.41, 5.74) is 0.144. The minimum absolute atomic E-state index is 0.0471. The number of benzene rings is 3. The van der Waals surface area contributed by atoms with Gasteiger partial charge in [-0.3, -0.25) is 9.36 Å². The second kappa shape index (κ2) is 8.93. The van der Waals surface area contributed by atoms with Gasteiger partial charge < -0.3 is 19.7 Å². The SMILES string of the molecule is CCCOc1c2ccccc2c(OC(F)F)c2c(O)n(-c3ccc(CC(=O)O)cc3F)cc12. The van der Waals surface area contributed by atoms with E-state index in [2.05, 4.69) is 0 Å². The largest absolute Gasteiger partial charge is 0.494 e. The molecule has 0 fully saturated rings. The third-order valence-electron chi connectivity index (χ3n) is 5.15. The third-order valence-corrected chi connectivity index (χ3v) is 5.15. The molecule has 0 saturated heterocycles. The average Bonchev–Trinajstić information content (AvgIpc) is 3.09. The number of nitrogens with zero attached hydrogens (tertiary/aromatic N) is 1. The number of fused-ring (bicyclic) bond motifs is 2. The Morgan fingerprint density at radius 3 is 2.39 bits per heavy atom. The van der Waals surface area contributed by atoms with Crippen molar-refractivity contribution in [2.75, 3.05) is 6.61 Å². The fourth-order valence-corrected chi connectivity index (χ4v) is 3.84. The lowest BCUT2D eigenvalue weighted by Gasteiger charge is -2.15. The van der Waals surface area contributed by atoms with Crippen LogP contribution in [-0.2, 0) is 11.2 Å². The zero-order valence-corrected chi connectivity index (χ0v) is 17.5. The van der Waals surface area contributed by atoms with Crippen molar-refractivity contribution in [2.24, 2.45) is 0 Å². The number of carboxylic acid groups (broad SMARTS) is 1. The van der Waals surface area contributed by atoms with Crippen LogP contribution in [0.2, 0.25) is 0 Å². The van der Waals surface area contributed by atoms with Crippen molar-refractivity contribution in [3.63, 3.8) is 0 Å². The van der Waals surface area contributed by atoms with Crippen LogP contribution in [0.4, 0.5) is 13.2 Å². The molecule has 4 aromatic rings. The van der Waals surface area contributed by atoms with Gasteiger partial charge in [-0.1, -0.05) is 37.3 Å². The highest BCUT2D eigenvalue weighted by atomic mass is 19.3. The molecule has 1 heterocycles. The number of aromatic hydroxyl groups is 1. The van der Waals surface area contributed by atoms with Crippen molar-refractivity contribution in [3.8, 4) is 23.1 Å². The van der Waals surface area contributed by atoms with Crippen molar-refractivity contribution >= 4 is 27.5 Å². The predicted octanol–water partition coefficient (Wildman–Crippen LogP) is 5.65. The Hall–Kier alpha value is -3.88. The Labute approximate surface area is 186 Å². The van der Waals surface area contributed by atoms with Gasteiger partial charge in [-0.2, -0.15) is 8.78 Å². The molecule has 33 heavy (non-hydrogen) atoms. The topological polar surface area (TPSA) is 80.9 Å². The number of ether oxygens (including phenoxy) is 2. The molecule has 0 amide bonds. The number of hydrogen-bond acceptors (Lipinski definition) is 4. The molecule has 3 aromatic carbocycles.